The maximum absolute atomic E-state index is 12.0. The van der Waals surface area contributed by atoms with Crippen molar-refractivity contribution in [1.82, 2.24) is 0 Å². The first-order valence-electron chi connectivity index (χ1n) is 6.78. The Morgan fingerprint density at radius 1 is 0.957 bits per heavy atom. The molecule has 1 heterocycles. The van der Waals surface area contributed by atoms with E-state index in [1.54, 1.807) is 28.8 Å². The van der Waals surface area contributed by atoms with Gasteiger partial charge in [0.05, 0.1) is 0 Å². The molecule has 0 aliphatic carbocycles. The fourth-order valence-electron chi connectivity index (χ4n) is 1.83. The minimum atomic E-state index is -0.269. The normalized spacial score (nSPS) is 9.65. The van der Waals surface area contributed by atoms with Crippen molar-refractivity contribution in [2.24, 2.45) is 0 Å². The molecule has 2 aromatic rings. The van der Waals surface area contributed by atoms with E-state index in [1.807, 2.05) is 31.5 Å². The number of hydrogen-bond acceptors (Lipinski definition) is 2. The lowest BCUT2D eigenvalue weighted by molar-refractivity contribution is -0.684. The molecule has 0 saturated carbocycles. The monoisotopic (exact) mass is 353 g/mol. The standard InChI is InChI=1S/C16H16ClN3O2.ClH/c1-12-6-8-20(9-7-12)11-16(22)19-14-4-2-13(3-5-14)18-15(21)10-17;/h2-9H,10-11H2,1H3,(H-,18,19,21,22);1H. The Morgan fingerprint density at radius 3 is 1.91 bits per heavy atom. The van der Waals surface area contributed by atoms with Crippen LogP contribution in [0.1, 0.15) is 5.56 Å². The Kier molecular flexibility index (Phi) is 7.51. The average molecular weight is 354 g/mol. The lowest BCUT2D eigenvalue weighted by atomic mass is 10.2. The second kappa shape index (κ2) is 9.12. The molecule has 2 amide bonds. The van der Waals surface area contributed by atoms with Crippen molar-refractivity contribution in [2.45, 2.75) is 13.5 Å². The molecule has 0 saturated heterocycles. The van der Waals surface area contributed by atoms with Gasteiger partial charge in [-0.1, -0.05) is 0 Å². The molecular formula is C16H17Cl2N3O2. The van der Waals surface area contributed by atoms with Crippen LogP contribution in [0.25, 0.3) is 0 Å². The van der Waals surface area contributed by atoms with Gasteiger partial charge in [-0.2, -0.15) is 4.57 Å². The van der Waals surface area contributed by atoms with Crippen molar-refractivity contribution in [2.75, 3.05) is 16.5 Å². The third kappa shape index (κ3) is 6.26. The molecule has 7 heteroatoms. The fraction of sp³-hybridized carbons (Fsp3) is 0.188. The second-order valence-electron chi connectivity index (χ2n) is 4.86. The highest BCUT2D eigenvalue weighted by atomic mass is 35.5. The molecule has 0 atom stereocenters. The minimum absolute atomic E-state index is 0. The van der Waals surface area contributed by atoms with Gasteiger partial charge in [0.25, 0.3) is 5.91 Å². The first kappa shape index (κ1) is 18.9. The van der Waals surface area contributed by atoms with Crippen LogP contribution in [-0.4, -0.2) is 17.7 Å². The molecule has 0 aliphatic heterocycles. The number of benzene rings is 1. The van der Waals surface area contributed by atoms with Gasteiger partial charge < -0.3 is 23.0 Å². The van der Waals surface area contributed by atoms with Crippen LogP contribution in [-0.2, 0) is 16.1 Å². The van der Waals surface area contributed by atoms with E-state index in [2.05, 4.69) is 10.6 Å². The molecule has 0 unspecified atom stereocenters. The summed E-state index contributed by atoms with van der Waals surface area (Å²) >= 11 is 5.42. The SMILES string of the molecule is Cc1cc[n+](CC(=O)Nc2ccc(NC(=O)CCl)cc2)cc1.[Cl-]. The zero-order chi connectivity index (χ0) is 15.9. The van der Waals surface area contributed by atoms with Crippen LogP contribution in [0.4, 0.5) is 11.4 Å². The van der Waals surface area contributed by atoms with Crippen molar-refractivity contribution < 1.29 is 26.6 Å². The number of aromatic nitrogens is 1. The summed E-state index contributed by atoms with van der Waals surface area (Å²) < 4.78 is 1.80. The third-order valence-corrected chi connectivity index (χ3v) is 3.20. The molecule has 2 N–H and O–H groups in total. The van der Waals surface area contributed by atoms with Crippen molar-refractivity contribution >= 4 is 34.8 Å². The van der Waals surface area contributed by atoms with Gasteiger partial charge in [-0.15, -0.1) is 11.6 Å². The number of halogens is 2. The van der Waals surface area contributed by atoms with E-state index in [4.69, 9.17) is 11.6 Å². The Labute approximate surface area is 146 Å². The van der Waals surface area contributed by atoms with Crippen LogP contribution in [0.15, 0.2) is 48.8 Å². The molecule has 5 nitrogen and oxygen atoms in total. The van der Waals surface area contributed by atoms with Gasteiger partial charge >= 0.3 is 0 Å². The summed E-state index contributed by atoms with van der Waals surface area (Å²) in [5.74, 6) is -0.479. The summed E-state index contributed by atoms with van der Waals surface area (Å²) in [5, 5.41) is 5.43. The topological polar surface area (TPSA) is 62.1 Å². The van der Waals surface area contributed by atoms with Gasteiger partial charge in [0.2, 0.25) is 12.5 Å². The van der Waals surface area contributed by atoms with E-state index in [-0.39, 0.29) is 36.6 Å². The average Bonchev–Trinajstić information content (AvgIpc) is 2.51. The smallest absolute Gasteiger partial charge is 0.290 e. The first-order valence-corrected chi connectivity index (χ1v) is 7.32. The van der Waals surface area contributed by atoms with Crippen molar-refractivity contribution in [3.8, 4) is 0 Å². The molecule has 0 aliphatic rings. The summed E-state index contributed by atoms with van der Waals surface area (Å²) in [6.45, 7) is 2.24. The molecule has 0 bridgehead atoms. The molecule has 1 aromatic carbocycles. The molecule has 23 heavy (non-hydrogen) atoms. The minimum Gasteiger partial charge on any atom is -1.00 e. The van der Waals surface area contributed by atoms with E-state index < -0.39 is 0 Å². The fourth-order valence-corrected chi connectivity index (χ4v) is 1.90. The number of alkyl halides is 1. The number of hydrogen-bond donors (Lipinski definition) is 2. The third-order valence-electron chi connectivity index (χ3n) is 2.96. The second-order valence-corrected chi connectivity index (χ2v) is 5.12. The van der Waals surface area contributed by atoms with Gasteiger partial charge in [-0.3, -0.25) is 9.59 Å². The summed E-state index contributed by atoms with van der Waals surface area (Å²) in [6.07, 6.45) is 3.72. The van der Waals surface area contributed by atoms with Crippen LogP contribution < -0.4 is 27.6 Å². The number of carbonyl (C=O) groups excluding carboxylic acids is 2. The quantitative estimate of drug-likeness (QED) is 0.540. The van der Waals surface area contributed by atoms with Crippen LogP contribution in [0.3, 0.4) is 0 Å². The van der Waals surface area contributed by atoms with Crippen molar-refractivity contribution in [1.29, 1.82) is 0 Å². The molecule has 122 valence electrons. The van der Waals surface area contributed by atoms with E-state index in [0.29, 0.717) is 11.4 Å². The van der Waals surface area contributed by atoms with Crippen LogP contribution in [0, 0.1) is 6.92 Å². The van der Waals surface area contributed by atoms with Gasteiger partial charge in [-0.05, 0) is 36.8 Å². The van der Waals surface area contributed by atoms with Gasteiger partial charge in [-0.25, -0.2) is 0 Å². The summed E-state index contributed by atoms with van der Waals surface area (Å²) in [7, 11) is 0. The van der Waals surface area contributed by atoms with E-state index in [1.165, 1.54) is 0 Å². The number of amides is 2. The molecular weight excluding hydrogens is 337 g/mol. The van der Waals surface area contributed by atoms with E-state index in [0.717, 1.165) is 5.56 Å². The van der Waals surface area contributed by atoms with E-state index >= 15 is 0 Å². The van der Waals surface area contributed by atoms with Gasteiger partial charge in [0.15, 0.2) is 12.4 Å². The Bertz CT molecular complexity index is 658. The van der Waals surface area contributed by atoms with Crippen LogP contribution in [0.2, 0.25) is 0 Å². The van der Waals surface area contributed by atoms with Crippen molar-refractivity contribution in [3.05, 3.63) is 54.4 Å². The first-order chi connectivity index (χ1) is 10.6. The number of aryl methyl sites for hydroxylation is 1. The zero-order valence-electron chi connectivity index (χ0n) is 12.6. The molecule has 0 fully saturated rings. The summed E-state index contributed by atoms with van der Waals surface area (Å²) in [5.41, 5.74) is 2.45. The maximum atomic E-state index is 12.0. The largest absolute Gasteiger partial charge is 1.00 e. The van der Waals surface area contributed by atoms with Crippen molar-refractivity contribution in [3.63, 3.8) is 0 Å². The van der Waals surface area contributed by atoms with Crippen LogP contribution in [0.5, 0.6) is 0 Å². The molecule has 2 rings (SSSR count). The van der Waals surface area contributed by atoms with E-state index in [9.17, 15) is 9.59 Å². The Balaban J connectivity index is 0.00000264. The number of nitrogens with one attached hydrogen (secondary N) is 2. The highest BCUT2D eigenvalue weighted by molar-refractivity contribution is 6.29. The maximum Gasteiger partial charge on any atom is 0.290 e. The Hall–Kier alpha value is -2.11. The number of pyridine rings is 1. The van der Waals surface area contributed by atoms with Gasteiger partial charge in [0, 0.05) is 23.5 Å². The Morgan fingerprint density at radius 2 is 1.43 bits per heavy atom. The predicted octanol–water partition coefficient (Wildman–Crippen LogP) is -0.897. The lowest BCUT2D eigenvalue weighted by Gasteiger charge is -2.06. The number of carbonyl (C=O) groups is 2. The van der Waals surface area contributed by atoms with Crippen LogP contribution >= 0.6 is 11.6 Å². The molecule has 0 spiro atoms. The predicted molar refractivity (Wildman–Crippen MR) is 85.8 cm³/mol. The highest BCUT2D eigenvalue weighted by Crippen LogP contribution is 2.13. The number of rotatable bonds is 5. The summed E-state index contributed by atoms with van der Waals surface area (Å²) in [4.78, 5) is 23.1. The lowest BCUT2D eigenvalue weighted by Crippen LogP contribution is -3.00. The van der Waals surface area contributed by atoms with Gasteiger partial charge in [0.1, 0.15) is 5.88 Å². The highest BCUT2D eigenvalue weighted by Gasteiger charge is 2.09. The number of nitrogens with zero attached hydrogens (tertiary/aromatic N) is 1. The number of anilines is 2. The molecule has 1 aromatic heterocycles. The summed E-state index contributed by atoms with van der Waals surface area (Å²) in [6, 6.07) is 10.8. The zero-order valence-corrected chi connectivity index (χ0v) is 14.1. The molecule has 0 radical (unpaired) electrons.